The Kier molecular flexibility index (Phi) is 3.13. The summed E-state index contributed by atoms with van der Waals surface area (Å²) in [5.74, 6) is 0.727. The molecule has 0 amide bonds. The van der Waals surface area contributed by atoms with Gasteiger partial charge < -0.3 is 5.11 Å². The van der Waals surface area contributed by atoms with Crippen molar-refractivity contribution in [3.05, 3.63) is 11.6 Å². The Morgan fingerprint density at radius 2 is 2.27 bits per heavy atom. The zero-order chi connectivity index (χ0) is 8.27. The monoisotopic (exact) mass is 154 g/mol. The van der Waals surface area contributed by atoms with E-state index in [9.17, 15) is 5.11 Å². The number of aliphatic hydroxyl groups excluding tert-OH is 1. The predicted molar refractivity (Wildman–Crippen MR) is 47.4 cm³/mol. The first-order chi connectivity index (χ1) is 5.26. The maximum absolute atomic E-state index is 9.44. The van der Waals surface area contributed by atoms with Crippen molar-refractivity contribution in [3.63, 3.8) is 0 Å². The first-order valence-corrected chi connectivity index (χ1v) is 4.63. The third-order valence-electron chi connectivity index (χ3n) is 2.59. The quantitative estimate of drug-likeness (QED) is 0.606. The van der Waals surface area contributed by atoms with Gasteiger partial charge in [-0.25, -0.2) is 0 Å². The molecule has 1 rings (SSSR count). The Hall–Kier alpha value is -0.300. The van der Waals surface area contributed by atoms with E-state index in [1.807, 2.05) is 6.08 Å². The highest BCUT2D eigenvalue weighted by Crippen LogP contribution is 2.27. The Labute approximate surface area is 69.1 Å². The summed E-state index contributed by atoms with van der Waals surface area (Å²) < 4.78 is 0. The van der Waals surface area contributed by atoms with Crippen LogP contribution in [0.2, 0.25) is 0 Å². The third kappa shape index (κ3) is 2.33. The van der Waals surface area contributed by atoms with Gasteiger partial charge >= 0.3 is 0 Å². The van der Waals surface area contributed by atoms with E-state index in [1.54, 1.807) is 0 Å². The van der Waals surface area contributed by atoms with Crippen molar-refractivity contribution in [2.24, 2.45) is 5.92 Å². The summed E-state index contributed by atoms with van der Waals surface area (Å²) in [6, 6.07) is 0. The molecule has 2 unspecified atom stereocenters. The molecule has 1 aliphatic rings. The van der Waals surface area contributed by atoms with Crippen LogP contribution >= 0.6 is 0 Å². The van der Waals surface area contributed by atoms with Gasteiger partial charge in [-0.3, -0.25) is 0 Å². The molecule has 1 nitrogen and oxygen atoms in total. The fourth-order valence-corrected chi connectivity index (χ4v) is 1.78. The molecule has 0 spiro atoms. The highest BCUT2D eigenvalue weighted by Gasteiger charge is 2.18. The number of hydrogen-bond acceptors (Lipinski definition) is 1. The normalized spacial score (nSPS) is 31.7. The van der Waals surface area contributed by atoms with Gasteiger partial charge in [-0.1, -0.05) is 31.9 Å². The van der Waals surface area contributed by atoms with Gasteiger partial charge in [-0.05, 0) is 25.2 Å². The summed E-state index contributed by atoms with van der Waals surface area (Å²) in [6.45, 7) is 4.37. The SMILES string of the molecule is CCC1=CC(O)CC(CC)C1. The summed E-state index contributed by atoms with van der Waals surface area (Å²) in [5, 5.41) is 9.44. The summed E-state index contributed by atoms with van der Waals surface area (Å²) in [4.78, 5) is 0. The number of rotatable bonds is 2. The molecular weight excluding hydrogens is 136 g/mol. The van der Waals surface area contributed by atoms with Crippen LogP contribution in [-0.2, 0) is 0 Å². The molecule has 0 aromatic carbocycles. The van der Waals surface area contributed by atoms with Crippen molar-refractivity contribution in [3.8, 4) is 0 Å². The highest BCUT2D eigenvalue weighted by molar-refractivity contribution is 5.09. The van der Waals surface area contributed by atoms with Gasteiger partial charge in [0.1, 0.15) is 0 Å². The van der Waals surface area contributed by atoms with Crippen molar-refractivity contribution < 1.29 is 5.11 Å². The minimum Gasteiger partial charge on any atom is -0.389 e. The molecule has 0 fully saturated rings. The molecule has 1 aliphatic carbocycles. The maximum atomic E-state index is 9.44. The molecule has 0 heterocycles. The highest BCUT2D eigenvalue weighted by atomic mass is 16.3. The van der Waals surface area contributed by atoms with E-state index in [0.717, 1.165) is 18.8 Å². The van der Waals surface area contributed by atoms with Crippen molar-refractivity contribution in [1.82, 2.24) is 0 Å². The largest absolute Gasteiger partial charge is 0.389 e. The topological polar surface area (TPSA) is 20.2 Å². The van der Waals surface area contributed by atoms with Gasteiger partial charge in [0.15, 0.2) is 0 Å². The van der Waals surface area contributed by atoms with Crippen LogP contribution in [0.4, 0.5) is 0 Å². The van der Waals surface area contributed by atoms with Crippen LogP contribution < -0.4 is 0 Å². The van der Waals surface area contributed by atoms with E-state index in [2.05, 4.69) is 13.8 Å². The third-order valence-corrected chi connectivity index (χ3v) is 2.59. The van der Waals surface area contributed by atoms with E-state index >= 15 is 0 Å². The lowest BCUT2D eigenvalue weighted by atomic mass is 9.85. The minimum atomic E-state index is -0.163. The second-order valence-electron chi connectivity index (χ2n) is 3.46. The molecule has 1 heteroatoms. The van der Waals surface area contributed by atoms with Crippen LogP contribution in [0.15, 0.2) is 11.6 Å². The minimum absolute atomic E-state index is 0.163. The number of allylic oxidation sites excluding steroid dienone is 1. The van der Waals surface area contributed by atoms with Crippen molar-refractivity contribution in [2.75, 3.05) is 0 Å². The summed E-state index contributed by atoms with van der Waals surface area (Å²) >= 11 is 0. The van der Waals surface area contributed by atoms with E-state index in [4.69, 9.17) is 0 Å². The van der Waals surface area contributed by atoms with E-state index < -0.39 is 0 Å². The maximum Gasteiger partial charge on any atom is 0.0726 e. The lowest BCUT2D eigenvalue weighted by Gasteiger charge is -2.24. The Morgan fingerprint density at radius 3 is 2.82 bits per heavy atom. The Bertz CT molecular complexity index is 149. The van der Waals surface area contributed by atoms with Gasteiger partial charge in [0.05, 0.1) is 6.10 Å². The van der Waals surface area contributed by atoms with Gasteiger partial charge in [0, 0.05) is 0 Å². The molecular formula is C10H18O. The Balaban J connectivity index is 2.54. The molecule has 0 radical (unpaired) electrons. The number of aliphatic hydroxyl groups is 1. The van der Waals surface area contributed by atoms with Gasteiger partial charge in [-0.15, -0.1) is 0 Å². The fourth-order valence-electron chi connectivity index (χ4n) is 1.78. The van der Waals surface area contributed by atoms with Crippen molar-refractivity contribution in [1.29, 1.82) is 0 Å². The summed E-state index contributed by atoms with van der Waals surface area (Å²) in [7, 11) is 0. The van der Waals surface area contributed by atoms with Crippen LogP contribution in [0, 0.1) is 5.92 Å². The van der Waals surface area contributed by atoms with E-state index in [-0.39, 0.29) is 6.10 Å². The predicted octanol–water partition coefficient (Wildman–Crippen LogP) is 2.50. The first-order valence-electron chi connectivity index (χ1n) is 4.63. The van der Waals surface area contributed by atoms with Crippen LogP contribution in [0.25, 0.3) is 0 Å². The number of hydrogen-bond donors (Lipinski definition) is 1. The standard InChI is InChI=1S/C10H18O/c1-3-8-5-9(4-2)7-10(11)6-8/h6,9-11H,3-5,7H2,1-2H3. The molecule has 2 atom stereocenters. The molecule has 0 aromatic heterocycles. The summed E-state index contributed by atoms with van der Waals surface area (Å²) in [6.07, 6.45) is 6.36. The molecule has 64 valence electrons. The Morgan fingerprint density at radius 1 is 1.55 bits per heavy atom. The van der Waals surface area contributed by atoms with Crippen LogP contribution in [0.5, 0.6) is 0 Å². The average Bonchev–Trinajstić information content (AvgIpc) is 2.03. The lowest BCUT2D eigenvalue weighted by molar-refractivity contribution is 0.173. The van der Waals surface area contributed by atoms with Gasteiger partial charge in [0.25, 0.3) is 0 Å². The smallest absolute Gasteiger partial charge is 0.0726 e. The zero-order valence-electron chi connectivity index (χ0n) is 7.51. The molecule has 0 saturated heterocycles. The first kappa shape index (κ1) is 8.79. The van der Waals surface area contributed by atoms with Crippen LogP contribution in [0.3, 0.4) is 0 Å². The summed E-state index contributed by atoms with van der Waals surface area (Å²) in [5.41, 5.74) is 1.44. The molecule has 0 saturated carbocycles. The van der Waals surface area contributed by atoms with E-state index in [1.165, 1.54) is 18.4 Å². The average molecular weight is 154 g/mol. The zero-order valence-corrected chi connectivity index (χ0v) is 7.51. The molecule has 0 aliphatic heterocycles. The molecule has 11 heavy (non-hydrogen) atoms. The molecule has 1 N–H and O–H groups in total. The van der Waals surface area contributed by atoms with E-state index in [0.29, 0.717) is 0 Å². The van der Waals surface area contributed by atoms with Crippen LogP contribution in [0.1, 0.15) is 39.5 Å². The lowest BCUT2D eigenvalue weighted by Crippen LogP contribution is -2.17. The molecule has 0 aromatic rings. The van der Waals surface area contributed by atoms with Gasteiger partial charge in [-0.2, -0.15) is 0 Å². The van der Waals surface area contributed by atoms with Crippen LogP contribution in [-0.4, -0.2) is 11.2 Å². The van der Waals surface area contributed by atoms with Gasteiger partial charge in [0.2, 0.25) is 0 Å². The molecule has 0 bridgehead atoms. The van der Waals surface area contributed by atoms with Crippen molar-refractivity contribution in [2.45, 2.75) is 45.6 Å². The van der Waals surface area contributed by atoms with Crippen molar-refractivity contribution >= 4 is 0 Å². The second-order valence-corrected chi connectivity index (χ2v) is 3.46. The fraction of sp³-hybridized carbons (Fsp3) is 0.800. The second kappa shape index (κ2) is 3.91.